The predicted molar refractivity (Wildman–Crippen MR) is 54.1 cm³/mol. The highest BCUT2D eigenvalue weighted by molar-refractivity contribution is 5.49. The number of aromatic hydroxyl groups is 1. The molecular formula is C9H10N4O. The number of nitrogens with zero attached hydrogens (tertiary/aromatic N) is 2. The fourth-order valence-electron chi connectivity index (χ4n) is 1.22. The highest BCUT2D eigenvalue weighted by Crippen LogP contribution is 2.17. The summed E-state index contributed by atoms with van der Waals surface area (Å²) in [6.07, 6.45) is 0. The normalized spacial score (nSPS) is 10.3. The van der Waals surface area contributed by atoms with Gasteiger partial charge in [0, 0.05) is 6.07 Å². The molecule has 0 unspecified atom stereocenters. The van der Waals surface area contributed by atoms with Gasteiger partial charge in [-0.25, -0.2) is 4.68 Å². The second-order valence-electron chi connectivity index (χ2n) is 2.92. The number of hydrogen-bond donors (Lipinski definition) is 3. The van der Waals surface area contributed by atoms with E-state index in [0.29, 0.717) is 11.6 Å². The summed E-state index contributed by atoms with van der Waals surface area (Å²) in [4.78, 5) is 0. The van der Waals surface area contributed by atoms with Gasteiger partial charge in [0.05, 0.1) is 5.69 Å². The molecule has 1 aromatic heterocycles. The van der Waals surface area contributed by atoms with Crippen LogP contribution in [0.1, 0.15) is 0 Å². The molecule has 0 amide bonds. The Hall–Kier alpha value is -2.17. The summed E-state index contributed by atoms with van der Waals surface area (Å²) < 4.78 is 1.51. The molecule has 0 aliphatic carbocycles. The van der Waals surface area contributed by atoms with Gasteiger partial charge in [-0.05, 0) is 24.3 Å². The van der Waals surface area contributed by atoms with E-state index in [0.717, 1.165) is 5.69 Å². The molecule has 0 fully saturated rings. The first kappa shape index (κ1) is 8.43. The number of rotatable bonds is 1. The zero-order chi connectivity index (χ0) is 10.1. The van der Waals surface area contributed by atoms with Crippen LogP contribution in [0, 0.1) is 0 Å². The second kappa shape index (κ2) is 2.95. The van der Waals surface area contributed by atoms with E-state index in [9.17, 15) is 0 Å². The summed E-state index contributed by atoms with van der Waals surface area (Å²) in [7, 11) is 0. The van der Waals surface area contributed by atoms with E-state index in [1.54, 1.807) is 30.3 Å². The molecule has 0 radical (unpaired) electrons. The molecule has 0 aliphatic heterocycles. The van der Waals surface area contributed by atoms with Gasteiger partial charge in [0.2, 0.25) is 0 Å². The van der Waals surface area contributed by atoms with Crippen LogP contribution in [0.25, 0.3) is 5.69 Å². The average Bonchev–Trinajstić information content (AvgIpc) is 2.47. The van der Waals surface area contributed by atoms with Gasteiger partial charge in [-0.15, -0.1) is 5.10 Å². The maximum atomic E-state index is 9.09. The SMILES string of the molecule is Nc1cc(N)n(-c2ccc(O)cc2)n1. The van der Waals surface area contributed by atoms with E-state index in [-0.39, 0.29) is 5.75 Å². The van der Waals surface area contributed by atoms with Crippen molar-refractivity contribution in [1.82, 2.24) is 9.78 Å². The molecule has 72 valence electrons. The van der Waals surface area contributed by atoms with Crippen molar-refractivity contribution < 1.29 is 5.11 Å². The number of phenols is 1. The van der Waals surface area contributed by atoms with Crippen LogP contribution in [0.3, 0.4) is 0 Å². The molecule has 1 heterocycles. The maximum Gasteiger partial charge on any atom is 0.148 e. The number of nitrogens with two attached hydrogens (primary N) is 2. The topological polar surface area (TPSA) is 90.1 Å². The van der Waals surface area contributed by atoms with Crippen LogP contribution in [0.4, 0.5) is 11.6 Å². The van der Waals surface area contributed by atoms with Crippen LogP contribution in [0.15, 0.2) is 30.3 Å². The van der Waals surface area contributed by atoms with Gasteiger partial charge >= 0.3 is 0 Å². The van der Waals surface area contributed by atoms with Crippen LogP contribution >= 0.6 is 0 Å². The van der Waals surface area contributed by atoms with Gasteiger partial charge in [0.15, 0.2) is 0 Å². The van der Waals surface area contributed by atoms with Crippen molar-refractivity contribution in [2.45, 2.75) is 0 Å². The minimum absolute atomic E-state index is 0.201. The minimum Gasteiger partial charge on any atom is -0.508 e. The third-order valence-electron chi connectivity index (χ3n) is 1.85. The highest BCUT2D eigenvalue weighted by atomic mass is 16.3. The third-order valence-corrected chi connectivity index (χ3v) is 1.85. The Kier molecular flexibility index (Phi) is 1.78. The van der Waals surface area contributed by atoms with Gasteiger partial charge in [-0.1, -0.05) is 0 Å². The van der Waals surface area contributed by atoms with Crippen LogP contribution < -0.4 is 11.5 Å². The number of hydrogen-bond acceptors (Lipinski definition) is 4. The zero-order valence-corrected chi connectivity index (χ0v) is 7.38. The maximum absolute atomic E-state index is 9.09. The first-order chi connectivity index (χ1) is 6.66. The molecule has 0 aliphatic rings. The minimum atomic E-state index is 0.201. The lowest BCUT2D eigenvalue weighted by atomic mass is 10.3. The molecule has 2 aromatic rings. The van der Waals surface area contributed by atoms with Crippen LogP contribution in [0.2, 0.25) is 0 Å². The summed E-state index contributed by atoms with van der Waals surface area (Å²) in [5.41, 5.74) is 11.9. The van der Waals surface area contributed by atoms with Gasteiger partial charge < -0.3 is 16.6 Å². The molecule has 0 saturated carbocycles. The zero-order valence-electron chi connectivity index (χ0n) is 7.38. The molecule has 0 saturated heterocycles. The van der Waals surface area contributed by atoms with E-state index < -0.39 is 0 Å². The second-order valence-corrected chi connectivity index (χ2v) is 2.92. The molecule has 5 N–H and O–H groups in total. The van der Waals surface area contributed by atoms with Gasteiger partial charge in [0.25, 0.3) is 0 Å². The predicted octanol–water partition coefficient (Wildman–Crippen LogP) is 0.742. The van der Waals surface area contributed by atoms with E-state index in [1.165, 1.54) is 4.68 Å². The van der Waals surface area contributed by atoms with Crippen LogP contribution in [0.5, 0.6) is 5.75 Å². The lowest BCUT2D eigenvalue weighted by molar-refractivity contribution is 0.475. The van der Waals surface area contributed by atoms with Crippen LogP contribution in [-0.4, -0.2) is 14.9 Å². The van der Waals surface area contributed by atoms with Gasteiger partial charge in [-0.3, -0.25) is 0 Å². The Morgan fingerprint density at radius 3 is 2.29 bits per heavy atom. The van der Waals surface area contributed by atoms with Gasteiger partial charge in [0.1, 0.15) is 17.4 Å². The van der Waals surface area contributed by atoms with Crippen molar-refractivity contribution in [2.24, 2.45) is 0 Å². The Morgan fingerprint density at radius 1 is 1.14 bits per heavy atom. The average molecular weight is 190 g/mol. The number of benzene rings is 1. The standard InChI is InChI=1S/C9H10N4O/c10-8-5-9(11)13(12-8)6-1-3-7(14)4-2-6/h1-5,14H,11H2,(H2,10,12). The van der Waals surface area contributed by atoms with E-state index in [2.05, 4.69) is 5.10 Å². The molecule has 0 bridgehead atoms. The lowest BCUT2D eigenvalue weighted by Crippen LogP contribution is -2.01. The fraction of sp³-hybridized carbons (Fsp3) is 0. The summed E-state index contributed by atoms with van der Waals surface area (Å²) in [5, 5.41) is 13.1. The Labute approximate surface area is 80.6 Å². The Morgan fingerprint density at radius 2 is 1.79 bits per heavy atom. The number of anilines is 2. The van der Waals surface area contributed by atoms with Crippen molar-refractivity contribution >= 4 is 11.6 Å². The van der Waals surface area contributed by atoms with Crippen LogP contribution in [-0.2, 0) is 0 Å². The summed E-state index contributed by atoms with van der Waals surface area (Å²) in [6.45, 7) is 0. The smallest absolute Gasteiger partial charge is 0.148 e. The Balaban J connectivity index is 2.49. The first-order valence-corrected chi connectivity index (χ1v) is 4.07. The third kappa shape index (κ3) is 1.35. The fourth-order valence-corrected chi connectivity index (χ4v) is 1.22. The largest absolute Gasteiger partial charge is 0.508 e. The summed E-state index contributed by atoms with van der Waals surface area (Å²) in [6, 6.07) is 8.11. The van der Waals surface area contributed by atoms with Gasteiger partial charge in [-0.2, -0.15) is 0 Å². The summed E-state index contributed by atoms with van der Waals surface area (Å²) in [5.74, 6) is 1.04. The molecule has 0 atom stereocenters. The molecule has 0 spiro atoms. The first-order valence-electron chi connectivity index (χ1n) is 4.07. The number of nitrogen functional groups attached to an aromatic ring is 2. The number of phenolic OH excluding ortho intramolecular Hbond substituents is 1. The lowest BCUT2D eigenvalue weighted by Gasteiger charge is -2.02. The molecule has 5 nitrogen and oxygen atoms in total. The molecule has 1 aromatic carbocycles. The highest BCUT2D eigenvalue weighted by Gasteiger charge is 2.03. The molecule has 14 heavy (non-hydrogen) atoms. The Bertz CT molecular complexity index is 446. The quantitative estimate of drug-likeness (QED) is 0.618. The monoisotopic (exact) mass is 190 g/mol. The molecule has 2 rings (SSSR count). The van der Waals surface area contributed by atoms with Crippen molar-refractivity contribution in [3.05, 3.63) is 30.3 Å². The van der Waals surface area contributed by atoms with Crippen molar-refractivity contribution in [2.75, 3.05) is 11.5 Å². The summed E-state index contributed by atoms with van der Waals surface area (Å²) >= 11 is 0. The van der Waals surface area contributed by atoms with Crippen molar-refractivity contribution in [1.29, 1.82) is 0 Å². The van der Waals surface area contributed by atoms with E-state index in [4.69, 9.17) is 16.6 Å². The van der Waals surface area contributed by atoms with E-state index >= 15 is 0 Å². The van der Waals surface area contributed by atoms with Crippen molar-refractivity contribution in [3.8, 4) is 11.4 Å². The number of aromatic nitrogens is 2. The van der Waals surface area contributed by atoms with E-state index in [1.807, 2.05) is 0 Å². The molecule has 5 heteroatoms. The molecular weight excluding hydrogens is 180 g/mol. The van der Waals surface area contributed by atoms with Crippen molar-refractivity contribution in [3.63, 3.8) is 0 Å².